The van der Waals surface area contributed by atoms with Crippen LogP contribution in [0.4, 0.5) is 5.69 Å². The zero-order valence-corrected chi connectivity index (χ0v) is 15.7. The summed E-state index contributed by atoms with van der Waals surface area (Å²) in [4.78, 5) is 37.7. The number of esters is 1. The zero-order valence-electron chi connectivity index (χ0n) is 14.2. The molecule has 2 amide bonds. The second-order valence-electron chi connectivity index (χ2n) is 5.71. The molecule has 0 saturated carbocycles. The number of hydrogen-bond acceptors (Lipinski definition) is 5. The number of rotatable bonds is 5. The summed E-state index contributed by atoms with van der Waals surface area (Å²) < 4.78 is 4.67. The van der Waals surface area contributed by atoms with Crippen LogP contribution < -0.4 is 5.32 Å². The number of amides is 2. The van der Waals surface area contributed by atoms with Crippen LogP contribution in [0, 0.1) is 0 Å². The highest BCUT2D eigenvalue weighted by atomic mass is 35.5. The first-order chi connectivity index (χ1) is 12.9. The molecule has 1 heterocycles. The number of imide groups is 1. The molecule has 138 valence electrons. The third-order valence-corrected chi connectivity index (χ3v) is 4.52. The molecule has 1 aliphatic rings. The minimum atomic E-state index is -0.594. The monoisotopic (exact) mass is 404 g/mol. The maximum atomic E-state index is 12.7. The molecule has 27 heavy (non-hydrogen) atoms. The Morgan fingerprint density at radius 3 is 2.44 bits per heavy atom. The van der Waals surface area contributed by atoms with E-state index in [9.17, 15) is 14.4 Å². The number of carbonyl (C=O) groups is 3. The molecule has 2 aromatic carbocycles. The summed E-state index contributed by atoms with van der Waals surface area (Å²) in [6, 6.07) is 13.1. The van der Waals surface area contributed by atoms with E-state index in [1.165, 1.54) is 13.2 Å². The third-order valence-electron chi connectivity index (χ3n) is 3.92. The molecule has 0 spiro atoms. The first-order valence-electron chi connectivity index (χ1n) is 7.86. The summed E-state index contributed by atoms with van der Waals surface area (Å²) in [5.74, 6) is -1.66. The molecular weight excluding hydrogens is 391 g/mol. The fourth-order valence-electron chi connectivity index (χ4n) is 2.56. The summed E-state index contributed by atoms with van der Waals surface area (Å²) in [5.41, 5.74) is 1.42. The lowest BCUT2D eigenvalue weighted by Crippen LogP contribution is -2.31. The van der Waals surface area contributed by atoms with E-state index >= 15 is 0 Å². The van der Waals surface area contributed by atoms with Gasteiger partial charge in [-0.15, -0.1) is 0 Å². The lowest BCUT2D eigenvalue weighted by Gasteiger charge is -2.15. The molecule has 0 aliphatic carbocycles. The molecule has 3 rings (SSSR count). The van der Waals surface area contributed by atoms with Crippen molar-refractivity contribution in [1.82, 2.24) is 4.90 Å². The lowest BCUT2D eigenvalue weighted by atomic mass is 10.2. The van der Waals surface area contributed by atoms with Crippen LogP contribution in [0.1, 0.15) is 15.9 Å². The summed E-state index contributed by atoms with van der Waals surface area (Å²) in [6.07, 6.45) is 0. The Kier molecular flexibility index (Phi) is 5.48. The summed E-state index contributed by atoms with van der Waals surface area (Å²) >= 11 is 11.9. The standard InChI is InChI=1S/C19H14Cl2N2O4/c1-27-19(26)12-3-2-4-14(9-12)22-16-15(21)17(24)23(18(16)25)10-11-5-7-13(20)8-6-11/h2-9,22H,10H2,1H3. The summed E-state index contributed by atoms with van der Waals surface area (Å²) in [6.45, 7) is 0.0679. The minimum absolute atomic E-state index is 0.0438. The molecule has 0 unspecified atom stereocenters. The van der Waals surface area contributed by atoms with E-state index in [0.29, 0.717) is 16.3 Å². The molecule has 0 bridgehead atoms. The molecule has 1 aliphatic heterocycles. The Labute approximate surface area is 165 Å². The Hall–Kier alpha value is -2.83. The molecule has 6 nitrogen and oxygen atoms in total. The molecular formula is C19H14Cl2N2O4. The average molecular weight is 405 g/mol. The van der Waals surface area contributed by atoms with Crippen molar-refractivity contribution in [2.75, 3.05) is 12.4 Å². The Morgan fingerprint density at radius 2 is 1.78 bits per heavy atom. The summed E-state index contributed by atoms with van der Waals surface area (Å²) in [5, 5.41) is 3.17. The van der Waals surface area contributed by atoms with Crippen LogP contribution >= 0.6 is 23.2 Å². The Bertz CT molecular complexity index is 954. The van der Waals surface area contributed by atoms with Crippen LogP contribution in [-0.4, -0.2) is 29.8 Å². The third kappa shape index (κ3) is 3.97. The van der Waals surface area contributed by atoms with Crippen LogP contribution in [0.25, 0.3) is 0 Å². The lowest BCUT2D eigenvalue weighted by molar-refractivity contribution is -0.138. The number of hydrogen-bond donors (Lipinski definition) is 1. The van der Waals surface area contributed by atoms with E-state index in [1.807, 2.05) is 0 Å². The quantitative estimate of drug-likeness (QED) is 0.608. The molecule has 1 N–H and O–H groups in total. The molecule has 0 atom stereocenters. The van der Waals surface area contributed by atoms with Crippen LogP contribution in [-0.2, 0) is 20.9 Å². The van der Waals surface area contributed by atoms with Gasteiger partial charge in [0.25, 0.3) is 11.8 Å². The van der Waals surface area contributed by atoms with Crippen molar-refractivity contribution < 1.29 is 19.1 Å². The van der Waals surface area contributed by atoms with Gasteiger partial charge in [0.1, 0.15) is 10.7 Å². The second-order valence-corrected chi connectivity index (χ2v) is 6.52. The zero-order chi connectivity index (χ0) is 19.6. The molecule has 0 fully saturated rings. The Morgan fingerprint density at radius 1 is 1.07 bits per heavy atom. The molecule has 0 saturated heterocycles. The van der Waals surface area contributed by atoms with E-state index in [-0.39, 0.29) is 17.3 Å². The summed E-state index contributed by atoms with van der Waals surface area (Å²) in [7, 11) is 1.27. The number of anilines is 1. The first-order valence-corrected chi connectivity index (χ1v) is 8.62. The SMILES string of the molecule is COC(=O)c1cccc(NC2=C(Cl)C(=O)N(Cc3ccc(Cl)cc3)C2=O)c1. The van der Waals surface area contributed by atoms with Gasteiger partial charge in [-0.1, -0.05) is 41.4 Å². The van der Waals surface area contributed by atoms with Gasteiger partial charge in [-0.25, -0.2) is 4.79 Å². The molecule has 0 aromatic heterocycles. The van der Waals surface area contributed by atoms with E-state index in [0.717, 1.165) is 10.5 Å². The van der Waals surface area contributed by atoms with E-state index < -0.39 is 17.8 Å². The first kappa shape index (κ1) is 18.9. The molecule has 8 heteroatoms. The predicted molar refractivity (Wildman–Crippen MR) is 101 cm³/mol. The van der Waals surface area contributed by atoms with Gasteiger partial charge in [0.15, 0.2) is 0 Å². The number of nitrogens with one attached hydrogen (secondary N) is 1. The number of nitrogens with zero attached hydrogens (tertiary/aromatic N) is 1. The van der Waals surface area contributed by atoms with E-state index in [2.05, 4.69) is 10.1 Å². The van der Waals surface area contributed by atoms with Crippen molar-refractivity contribution in [3.63, 3.8) is 0 Å². The van der Waals surface area contributed by atoms with Crippen molar-refractivity contribution in [2.45, 2.75) is 6.54 Å². The van der Waals surface area contributed by atoms with Gasteiger partial charge >= 0.3 is 5.97 Å². The number of carbonyl (C=O) groups excluding carboxylic acids is 3. The average Bonchev–Trinajstić information content (AvgIpc) is 2.87. The largest absolute Gasteiger partial charge is 0.465 e. The molecule has 0 radical (unpaired) electrons. The fourth-order valence-corrected chi connectivity index (χ4v) is 2.91. The normalized spacial score (nSPS) is 14.0. The Balaban J connectivity index is 1.80. The van der Waals surface area contributed by atoms with Crippen molar-refractivity contribution in [2.24, 2.45) is 0 Å². The maximum Gasteiger partial charge on any atom is 0.337 e. The van der Waals surface area contributed by atoms with E-state index in [4.69, 9.17) is 23.2 Å². The highest BCUT2D eigenvalue weighted by Crippen LogP contribution is 2.27. The van der Waals surface area contributed by atoms with Gasteiger partial charge in [0.05, 0.1) is 19.2 Å². The number of halogens is 2. The van der Waals surface area contributed by atoms with Crippen molar-refractivity contribution >= 4 is 46.7 Å². The topological polar surface area (TPSA) is 75.7 Å². The number of benzene rings is 2. The predicted octanol–water partition coefficient (Wildman–Crippen LogP) is 3.56. The van der Waals surface area contributed by atoms with Crippen LogP contribution in [0.2, 0.25) is 5.02 Å². The van der Waals surface area contributed by atoms with Crippen molar-refractivity contribution in [1.29, 1.82) is 0 Å². The highest BCUT2D eigenvalue weighted by molar-refractivity contribution is 6.48. The number of methoxy groups -OCH3 is 1. The van der Waals surface area contributed by atoms with Crippen molar-refractivity contribution in [3.8, 4) is 0 Å². The van der Waals surface area contributed by atoms with Crippen LogP contribution in [0.15, 0.2) is 59.3 Å². The fraction of sp³-hybridized carbons (Fsp3) is 0.105. The second kappa shape index (κ2) is 7.82. The minimum Gasteiger partial charge on any atom is -0.465 e. The maximum absolute atomic E-state index is 12.7. The van der Waals surface area contributed by atoms with E-state index in [1.54, 1.807) is 42.5 Å². The van der Waals surface area contributed by atoms with Gasteiger partial charge < -0.3 is 10.1 Å². The van der Waals surface area contributed by atoms with Gasteiger partial charge in [-0.05, 0) is 35.9 Å². The van der Waals surface area contributed by atoms with Gasteiger partial charge in [-0.3, -0.25) is 14.5 Å². The molecule has 2 aromatic rings. The van der Waals surface area contributed by atoms with Gasteiger partial charge in [0.2, 0.25) is 0 Å². The smallest absolute Gasteiger partial charge is 0.337 e. The van der Waals surface area contributed by atoms with Crippen LogP contribution in [0.5, 0.6) is 0 Å². The van der Waals surface area contributed by atoms with Crippen LogP contribution in [0.3, 0.4) is 0 Å². The van der Waals surface area contributed by atoms with Gasteiger partial charge in [0, 0.05) is 10.7 Å². The number of ether oxygens (including phenoxy) is 1. The van der Waals surface area contributed by atoms with Crippen molar-refractivity contribution in [3.05, 3.63) is 75.4 Å². The van der Waals surface area contributed by atoms with Gasteiger partial charge in [-0.2, -0.15) is 0 Å². The highest BCUT2D eigenvalue weighted by Gasteiger charge is 2.37.